The number of nitrogens with one attached hydrogen (secondary N) is 3. The number of nitrogens with two attached hydrogens (primary N) is 2. The molecule has 5 heteroatoms. The van der Waals surface area contributed by atoms with E-state index < -0.39 is 0 Å². The van der Waals surface area contributed by atoms with Crippen molar-refractivity contribution in [2.45, 2.75) is 37.8 Å². The summed E-state index contributed by atoms with van der Waals surface area (Å²) in [5.74, 6) is 5.21. The molecule has 1 rings (SSSR count). The van der Waals surface area contributed by atoms with Crippen LogP contribution < -0.4 is 22.3 Å². The van der Waals surface area contributed by atoms with Crippen LogP contribution in [0.1, 0.15) is 25.7 Å². The zero-order valence-electron chi connectivity index (χ0n) is 7.14. The van der Waals surface area contributed by atoms with E-state index in [0.29, 0.717) is 0 Å². The first kappa shape index (κ1) is 9.28. The number of hydrogen-bond donors (Lipinski definition) is 5. The highest BCUT2D eigenvalue weighted by atomic mass is 15.3. The fraction of sp³-hybridized carbons (Fsp3) is 0.857. The van der Waals surface area contributed by atoms with Crippen LogP contribution in [-0.2, 0) is 0 Å². The smallest absolute Gasteiger partial charge is 0.203 e. The van der Waals surface area contributed by atoms with Gasteiger partial charge in [-0.2, -0.15) is 0 Å². The molecule has 0 aliphatic heterocycles. The zero-order chi connectivity index (χ0) is 8.97. The average Bonchev–Trinajstić information content (AvgIpc) is 2.09. The van der Waals surface area contributed by atoms with Crippen molar-refractivity contribution in [3.05, 3.63) is 0 Å². The summed E-state index contributed by atoms with van der Waals surface area (Å²) in [5.41, 5.74) is 8.10. The Morgan fingerprint density at radius 3 is 2.58 bits per heavy atom. The van der Waals surface area contributed by atoms with E-state index in [1.807, 2.05) is 0 Å². The fourth-order valence-electron chi connectivity index (χ4n) is 1.57. The number of rotatable bonds is 1. The quantitative estimate of drug-likeness (QED) is 0.155. The lowest BCUT2D eigenvalue weighted by Gasteiger charge is -2.29. The largest absolute Gasteiger partial charge is 0.351 e. The van der Waals surface area contributed by atoms with Crippen LogP contribution in [0.15, 0.2) is 0 Å². The third-order valence-corrected chi connectivity index (χ3v) is 2.29. The van der Waals surface area contributed by atoms with Crippen LogP contribution in [0.3, 0.4) is 0 Å². The van der Waals surface area contributed by atoms with Gasteiger partial charge in [-0.3, -0.25) is 10.8 Å². The lowest BCUT2D eigenvalue weighted by atomic mass is 9.91. The number of guanidine groups is 1. The summed E-state index contributed by atoms with van der Waals surface area (Å²) in [6, 6.07) is 0.370. The molecule has 1 fully saturated rings. The van der Waals surface area contributed by atoms with Crippen molar-refractivity contribution in [2.75, 3.05) is 0 Å². The maximum Gasteiger partial charge on any atom is 0.203 e. The highest BCUT2D eigenvalue weighted by Crippen LogP contribution is 2.16. The second-order valence-electron chi connectivity index (χ2n) is 3.22. The molecule has 1 saturated carbocycles. The van der Waals surface area contributed by atoms with Crippen LogP contribution in [0.4, 0.5) is 0 Å². The maximum absolute atomic E-state index is 7.26. The van der Waals surface area contributed by atoms with Gasteiger partial charge in [0.15, 0.2) is 0 Å². The Morgan fingerprint density at radius 1 is 1.33 bits per heavy atom. The van der Waals surface area contributed by atoms with Crippen molar-refractivity contribution in [3.8, 4) is 0 Å². The molecule has 5 nitrogen and oxygen atoms in total. The van der Waals surface area contributed by atoms with Crippen molar-refractivity contribution in [2.24, 2.45) is 11.6 Å². The van der Waals surface area contributed by atoms with Crippen molar-refractivity contribution in [1.29, 1.82) is 5.41 Å². The second-order valence-corrected chi connectivity index (χ2v) is 3.22. The number of hydrogen-bond acceptors (Lipinski definition) is 3. The van der Waals surface area contributed by atoms with Gasteiger partial charge in [-0.15, -0.1) is 0 Å². The Labute approximate surface area is 72.4 Å². The Morgan fingerprint density at radius 2 is 2.00 bits per heavy atom. The minimum atomic E-state index is 0.150. The predicted octanol–water partition coefficient (Wildman–Crippen LogP) is -0.756. The molecular formula is C7H17N5. The molecule has 1 aliphatic carbocycles. The standard InChI is InChI=1S/C7H17N5/c8-5-3-1-2-4-6(5)11-7(9)12-10/h5-6H,1-4,8,10H2,(H3,9,11,12)/t5-,6?/m0/s1. The van der Waals surface area contributed by atoms with E-state index in [2.05, 4.69) is 10.7 Å². The Hall–Kier alpha value is -0.810. The van der Waals surface area contributed by atoms with Crippen molar-refractivity contribution < 1.29 is 0 Å². The van der Waals surface area contributed by atoms with Gasteiger partial charge in [-0.05, 0) is 12.8 Å². The molecule has 1 aliphatic rings. The summed E-state index contributed by atoms with van der Waals surface area (Å²) in [4.78, 5) is 0. The normalized spacial score (nSPS) is 29.5. The van der Waals surface area contributed by atoms with E-state index in [1.54, 1.807) is 0 Å². The first-order valence-electron chi connectivity index (χ1n) is 4.31. The first-order valence-corrected chi connectivity index (χ1v) is 4.31. The van der Waals surface area contributed by atoms with Crippen LogP contribution >= 0.6 is 0 Å². The van der Waals surface area contributed by atoms with Gasteiger partial charge in [0.2, 0.25) is 5.96 Å². The van der Waals surface area contributed by atoms with Crippen LogP contribution in [0.5, 0.6) is 0 Å². The molecule has 0 bridgehead atoms. The van der Waals surface area contributed by atoms with E-state index >= 15 is 0 Å². The Kier molecular flexibility index (Phi) is 3.31. The topological polar surface area (TPSA) is 100.0 Å². The van der Waals surface area contributed by atoms with Gasteiger partial charge in [0.05, 0.1) is 0 Å². The molecule has 0 aromatic carbocycles. The minimum Gasteiger partial charge on any atom is -0.351 e. The third-order valence-electron chi connectivity index (χ3n) is 2.29. The SMILES string of the molecule is N=C(NN)NC1CCCC[C@@H]1N. The van der Waals surface area contributed by atoms with Gasteiger partial charge in [-0.25, -0.2) is 5.84 Å². The van der Waals surface area contributed by atoms with Gasteiger partial charge in [-0.1, -0.05) is 12.8 Å². The summed E-state index contributed by atoms with van der Waals surface area (Å²) in [5, 5.41) is 10.2. The van der Waals surface area contributed by atoms with Crippen LogP contribution in [0, 0.1) is 5.41 Å². The van der Waals surface area contributed by atoms with E-state index in [-0.39, 0.29) is 18.0 Å². The molecule has 0 heterocycles. The van der Waals surface area contributed by atoms with Gasteiger partial charge in [0, 0.05) is 12.1 Å². The van der Waals surface area contributed by atoms with Crippen molar-refractivity contribution >= 4 is 5.96 Å². The van der Waals surface area contributed by atoms with E-state index in [0.717, 1.165) is 12.8 Å². The molecule has 0 saturated heterocycles. The second kappa shape index (κ2) is 4.27. The molecule has 0 spiro atoms. The minimum absolute atomic E-state index is 0.150. The van der Waals surface area contributed by atoms with Crippen LogP contribution in [0.25, 0.3) is 0 Å². The van der Waals surface area contributed by atoms with Gasteiger partial charge in [0.25, 0.3) is 0 Å². The summed E-state index contributed by atoms with van der Waals surface area (Å²) < 4.78 is 0. The van der Waals surface area contributed by atoms with E-state index in [4.69, 9.17) is 17.0 Å². The van der Waals surface area contributed by atoms with Gasteiger partial charge in [0.1, 0.15) is 0 Å². The van der Waals surface area contributed by atoms with E-state index in [1.165, 1.54) is 12.8 Å². The predicted molar refractivity (Wildman–Crippen MR) is 48.4 cm³/mol. The maximum atomic E-state index is 7.26. The molecule has 70 valence electrons. The van der Waals surface area contributed by atoms with Crippen molar-refractivity contribution in [1.82, 2.24) is 10.7 Å². The Balaban J connectivity index is 2.33. The monoisotopic (exact) mass is 171 g/mol. The molecule has 0 amide bonds. The average molecular weight is 171 g/mol. The molecule has 0 aromatic rings. The molecule has 2 atom stereocenters. The summed E-state index contributed by atoms with van der Waals surface area (Å²) in [7, 11) is 0. The van der Waals surface area contributed by atoms with E-state index in [9.17, 15) is 0 Å². The Bertz CT molecular complexity index is 158. The van der Waals surface area contributed by atoms with Crippen LogP contribution in [0.2, 0.25) is 0 Å². The number of hydrazine groups is 1. The zero-order valence-corrected chi connectivity index (χ0v) is 7.14. The van der Waals surface area contributed by atoms with Gasteiger partial charge < -0.3 is 11.1 Å². The van der Waals surface area contributed by atoms with Crippen LogP contribution in [-0.4, -0.2) is 18.0 Å². The highest BCUT2D eigenvalue weighted by molar-refractivity contribution is 5.76. The molecule has 12 heavy (non-hydrogen) atoms. The lowest BCUT2D eigenvalue weighted by Crippen LogP contribution is -2.53. The molecular weight excluding hydrogens is 154 g/mol. The summed E-state index contributed by atoms with van der Waals surface area (Å²) in [6.07, 6.45) is 4.45. The molecule has 1 unspecified atom stereocenters. The summed E-state index contributed by atoms with van der Waals surface area (Å²) in [6.45, 7) is 0. The highest BCUT2D eigenvalue weighted by Gasteiger charge is 2.21. The lowest BCUT2D eigenvalue weighted by molar-refractivity contribution is 0.357. The van der Waals surface area contributed by atoms with Crippen molar-refractivity contribution in [3.63, 3.8) is 0 Å². The fourth-order valence-corrected chi connectivity index (χ4v) is 1.57. The molecule has 0 aromatic heterocycles. The summed E-state index contributed by atoms with van der Waals surface area (Å²) >= 11 is 0. The first-order chi connectivity index (χ1) is 5.74. The van der Waals surface area contributed by atoms with Gasteiger partial charge >= 0.3 is 0 Å². The third kappa shape index (κ3) is 2.35. The molecule has 0 radical (unpaired) electrons. The molecule has 7 N–H and O–H groups in total.